The lowest BCUT2D eigenvalue weighted by Gasteiger charge is -2.25. The Morgan fingerprint density at radius 1 is 1.38 bits per heavy atom. The van der Waals surface area contributed by atoms with Crippen LogP contribution in [0.1, 0.15) is 31.9 Å². The molecule has 0 bridgehead atoms. The second-order valence-corrected chi connectivity index (χ2v) is 7.48. The van der Waals surface area contributed by atoms with Crippen LogP contribution in [0.3, 0.4) is 0 Å². The first-order chi connectivity index (χ1) is 14.1. The quantitative estimate of drug-likeness (QED) is 0.504. The number of nitrogens with zero attached hydrogens (tertiary/aromatic N) is 4. The Morgan fingerprint density at radius 3 is 2.90 bits per heavy atom. The topological polar surface area (TPSA) is 85.6 Å². The van der Waals surface area contributed by atoms with Crippen molar-refractivity contribution >= 4 is 17.6 Å². The van der Waals surface area contributed by atoms with E-state index in [1.54, 1.807) is 7.11 Å². The molecule has 0 fully saturated rings. The van der Waals surface area contributed by atoms with Crippen LogP contribution in [0.15, 0.2) is 29.3 Å². The number of aryl methyl sites for hydroxylation is 1. The van der Waals surface area contributed by atoms with Crippen LogP contribution in [0.5, 0.6) is 5.75 Å². The number of methoxy groups -OCH3 is 1. The molecule has 2 N–H and O–H groups in total. The van der Waals surface area contributed by atoms with E-state index in [0.29, 0.717) is 18.2 Å². The molecule has 0 aliphatic carbocycles. The third-order valence-electron chi connectivity index (χ3n) is 4.52. The molecule has 1 aliphatic heterocycles. The van der Waals surface area contributed by atoms with E-state index in [-0.39, 0.29) is 12.1 Å². The SMILES string of the molecule is CCNC(=NCC(C)Oc1ccc(Cl)cc1)NC1CCc2nc(COC)nn2C1. The van der Waals surface area contributed by atoms with E-state index in [2.05, 4.69) is 32.6 Å². The zero-order chi connectivity index (χ0) is 20.6. The molecular formula is C20H29ClN6O2. The first kappa shape index (κ1) is 21.4. The summed E-state index contributed by atoms with van der Waals surface area (Å²) in [6.07, 6.45) is 1.80. The van der Waals surface area contributed by atoms with Gasteiger partial charge in [0.05, 0.1) is 13.1 Å². The molecule has 2 unspecified atom stereocenters. The summed E-state index contributed by atoms with van der Waals surface area (Å²) in [5.74, 6) is 3.32. The van der Waals surface area contributed by atoms with Crippen molar-refractivity contribution in [3.63, 3.8) is 0 Å². The minimum Gasteiger partial charge on any atom is -0.489 e. The first-order valence-corrected chi connectivity index (χ1v) is 10.3. The van der Waals surface area contributed by atoms with E-state index in [1.807, 2.05) is 35.9 Å². The Kier molecular flexibility index (Phi) is 7.71. The van der Waals surface area contributed by atoms with Crippen molar-refractivity contribution in [3.8, 4) is 5.75 Å². The summed E-state index contributed by atoms with van der Waals surface area (Å²) >= 11 is 5.92. The van der Waals surface area contributed by atoms with Gasteiger partial charge < -0.3 is 20.1 Å². The molecule has 29 heavy (non-hydrogen) atoms. The number of hydrogen-bond acceptors (Lipinski definition) is 5. The number of benzene rings is 1. The predicted octanol–water partition coefficient (Wildman–Crippen LogP) is 2.42. The van der Waals surface area contributed by atoms with E-state index in [9.17, 15) is 0 Å². The summed E-state index contributed by atoms with van der Waals surface area (Å²) in [4.78, 5) is 9.21. The van der Waals surface area contributed by atoms with Gasteiger partial charge in [-0.15, -0.1) is 0 Å². The number of nitrogens with one attached hydrogen (secondary N) is 2. The van der Waals surface area contributed by atoms with E-state index in [4.69, 9.17) is 21.1 Å². The highest BCUT2D eigenvalue weighted by atomic mass is 35.5. The Morgan fingerprint density at radius 2 is 2.17 bits per heavy atom. The molecule has 1 aromatic heterocycles. The first-order valence-electron chi connectivity index (χ1n) is 9.96. The lowest BCUT2D eigenvalue weighted by atomic mass is 10.1. The molecule has 3 rings (SSSR count). The predicted molar refractivity (Wildman–Crippen MR) is 114 cm³/mol. The number of rotatable bonds is 8. The molecule has 0 saturated carbocycles. The zero-order valence-electron chi connectivity index (χ0n) is 17.2. The van der Waals surface area contributed by atoms with Crippen molar-refractivity contribution in [1.82, 2.24) is 25.4 Å². The van der Waals surface area contributed by atoms with Gasteiger partial charge in [-0.25, -0.2) is 14.7 Å². The normalized spacial score (nSPS) is 17.5. The number of guanidine groups is 1. The van der Waals surface area contributed by atoms with Crippen LogP contribution in [0.25, 0.3) is 0 Å². The van der Waals surface area contributed by atoms with Gasteiger partial charge in [-0.1, -0.05) is 11.6 Å². The monoisotopic (exact) mass is 420 g/mol. The standard InChI is InChI=1S/C20H29ClN6O2/c1-4-22-20(23-11-14(2)29-17-8-5-15(21)6-9-17)24-16-7-10-19-25-18(13-28-3)26-27(19)12-16/h5-6,8-9,14,16H,4,7,10-13H2,1-3H3,(H2,22,23,24). The Hall–Kier alpha value is -2.32. The Labute approximate surface area is 176 Å². The van der Waals surface area contributed by atoms with Gasteiger partial charge in [0, 0.05) is 31.1 Å². The van der Waals surface area contributed by atoms with Crippen molar-refractivity contribution in [1.29, 1.82) is 0 Å². The lowest BCUT2D eigenvalue weighted by molar-refractivity contribution is 0.177. The summed E-state index contributed by atoms with van der Waals surface area (Å²) in [5.41, 5.74) is 0. The van der Waals surface area contributed by atoms with E-state index in [0.717, 1.165) is 49.3 Å². The van der Waals surface area contributed by atoms with E-state index >= 15 is 0 Å². The number of aliphatic imine (C=N–C) groups is 1. The van der Waals surface area contributed by atoms with Crippen LogP contribution in [-0.4, -0.2) is 53.1 Å². The molecule has 0 saturated heterocycles. The highest BCUT2D eigenvalue weighted by Crippen LogP contribution is 2.17. The van der Waals surface area contributed by atoms with E-state index < -0.39 is 0 Å². The molecular weight excluding hydrogens is 392 g/mol. The maximum absolute atomic E-state index is 5.92. The maximum atomic E-state index is 5.92. The molecule has 1 aromatic carbocycles. The van der Waals surface area contributed by atoms with Gasteiger partial charge in [-0.05, 0) is 44.5 Å². The molecule has 1 aliphatic rings. The smallest absolute Gasteiger partial charge is 0.191 e. The molecule has 2 atom stereocenters. The van der Waals surface area contributed by atoms with Crippen molar-refractivity contribution in [2.45, 2.75) is 52.0 Å². The van der Waals surface area contributed by atoms with Gasteiger partial charge in [0.1, 0.15) is 24.3 Å². The molecule has 2 heterocycles. The number of aromatic nitrogens is 3. The number of ether oxygens (including phenoxy) is 2. The largest absolute Gasteiger partial charge is 0.489 e. The zero-order valence-corrected chi connectivity index (χ0v) is 17.9. The molecule has 0 amide bonds. The molecule has 8 nitrogen and oxygen atoms in total. The van der Waals surface area contributed by atoms with Gasteiger partial charge in [-0.2, -0.15) is 5.10 Å². The fraction of sp³-hybridized carbons (Fsp3) is 0.550. The van der Waals surface area contributed by atoms with Gasteiger partial charge in [0.15, 0.2) is 11.8 Å². The third kappa shape index (κ3) is 6.33. The van der Waals surface area contributed by atoms with Crippen LogP contribution < -0.4 is 15.4 Å². The van der Waals surface area contributed by atoms with Gasteiger partial charge in [0.2, 0.25) is 0 Å². The number of halogens is 1. The van der Waals surface area contributed by atoms with Crippen molar-refractivity contribution in [2.24, 2.45) is 4.99 Å². The fourth-order valence-corrected chi connectivity index (χ4v) is 3.31. The number of fused-ring (bicyclic) bond motifs is 1. The van der Waals surface area contributed by atoms with Crippen LogP contribution in [0.4, 0.5) is 0 Å². The number of hydrogen-bond donors (Lipinski definition) is 2. The Bertz CT molecular complexity index is 808. The molecule has 9 heteroatoms. The summed E-state index contributed by atoms with van der Waals surface area (Å²) in [6.45, 7) is 6.58. The fourth-order valence-electron chi connectivity index (χ4n) is 3.18. The van der Waals surface area contributed by atoms with Crippen LogP contribution in [-0.2, 0) is 24.3 Å². The van der Waals surface area contributed by atoms with Crippen LogP contribution in [0.2, 0.25) is 5.02 Å². The lowest BCUT2D eigenvalue weighted by Crippen LogP contribution is -2.47. The van der Waals surface area contributed by atoms with Crippen molar-refractivity contribution in [2.75, 3.05) is 20.2 Å². The Balaban J connectivity index is 1.55. The van der Waals surface area contributed by atoms with Crippen molar-refractivity contribution < 1.29 is 9.47 Å². The van der Waals surface area contributed by atoms with E-state index in [1.165, 1.54) is 0 Å². The second-order valence-electron chi connectivity index (χ2n) is 7.04. The average molecular weight is 421 g/mol. The molecule has 0 radical (unpaired) electrons. The van der Waals surface area contributed by atoms with Gasteiger partial charge in [-0.3, -0.25) is 0 Å². The second kappa shape index (κ2) is 10.5. The summed E-state index contributed by atoms with van der Waals surface area (Å²) < 4.78 is 13.0. The minimum atomic E-state index is -0.0588. The molecule has 0 spiro atoms. The van der Waals surface area contributed by atoms with Gasteiger partial charge in [0.25, 0.3) is 0 Å². The van der Waals surface area contributed by atoms with Crippen LogP contribution in [0, 0.1) is 0 Å². The summed E-state index contributed by atoms with van der Waals surface area (Å²) in [7, 11) is 1.65. The van der Waals surface area contributed by atoms with Gasteiger partial charge >= 0.3 is 0 Å². The summed E-state index contributed by atoms with van der Waals surface area (Å²) in [6, 6.07) is 7.60. The van der Waals surface area contributed by atoms with Crippen LogP contribution >= 0.6 is 11.6 Å². The molecule has 158 valence electrons. The minimum absolute atomic E-state index is 0.0588. The highest BCUT2D eigenvalue weighted by Gasteiger charge is 2.22. The van der Waals surface area contributed by atoms with Crippen molar-refractivity contribution in [3.05, 3.63) is 40.9 Å². The summed E-state index contributed by atoms with van der Waals surface area (Å²) in [5, 5.41) is 12.0. The highest BCUT2D eigenvalue weighted by molar-refractivity contribution is 6.30. The molecule has 2 aromatic rings. The average Bonchev–Trinajstić information content (AvgIpc) is 3.10. The third-order valence-corrected chi connectivity index (χ3v) is 4.77. The maximum Gasteiger partial charge on any atom is 0.191 e.